The summed E-state index contributed by atoms with van der Waals surface area (Å²) in [5.74, 6) is -0.888. The highest BCUT2D eigenvalue weighted by molar-refractivity contribution is 5.94. The van der Waals surface area contributed by atoms with E-state index in [9.17, 15) is 9.59 Å². The first-order chi connectivity index (χ1) is 9.43. The van der Waals surface area contributed by atoms with E-state index in [1.165, 1.54) is 25.3 Å². The zero-order valence-electron chi connectivity index (χ0n) is 11.7. The van der Waals surface area contributed by atoms with Crippen LogP contribution in [0.4, 0.5) is 10.5 Å². The number of anilines is 1. The summed E-state index contributed by atoms with van der Waals surface area (Å²) >= 11 is 0. The Bertz CT molecular complexity index is 534. The number of carbonyl (C=O) groups excluding carboxylic acids is 1. The summed E-state index contributed by atoms with van der Waals surface area (Å²) in [6.45, 7) is 4.31. The van der Waals surface area contributed by atoms with Gasteiger partial charge in [0.25, 0.3) is 0 Å². The third-order valence-electron chi connectivity index (χ3n) is 2.46. The molecule has 2 amide bonds. The Morgan fingerprint density at radius 3 is 2.60 bits per heavy atom. The van der Waals surface area contributed by atoms with Gasteiger partial charge in [0.05, 0.1) is 7.11 Å². The van der Waals surface area contributed by atoms with Gasteiger partial charge in [0.2, 0.25) is 0 Å². The Morgan fingerprint density at radius 1 is 1.35 bits per heavy atom. The third kappa shape index (κ3) is 4.64. The minimum Gasteiger partial charge on any atom is -0.496 e. The molecule has 0 aliphatic heterocycles. The smallest absolute Gasteiger partial charge is 0.339 e. The Balaban J connectivity index is 2.71. The summed E-state index contributed by atoms with van der Waals surface area (Å²) in [5, 5.41) is 14.2. The van der Waals surface area contributed by atoms with E-state index >= 15 is 0 Å². The zero-order chi connectivity index (χ0) is 15.1. The fourth-order valence-corrected chi connectivity index (χ4v) is 1.47. The zero-order valence-corrected chi connectivity index (χ0v) is 11.7. The standard InChI is InChI=1S/C14H18N2O4/c1-9(2)6-7-15-14(19)16-10-4-5-11(13(17)18)12(8-10)20-3/h4-6,8H,7H2,1-3H3,(H,17,18)(H2,15,16,19). The highest BCUT2D eigenvalue weighted by Crippen LogP contribution is 2.23. The van der Waals surface area contributed by atoms with Crippen LogP contribution in [-0.4, -0.2) is 30.8 Å². The normalized spacial score (nSPS) is 9.55. The summed E-state index contributed by atoms with van der Waals surface area (Å²) < 4.78 is 4.98. The molecule has 0 radical (unpaired) electrons. The summed E-state index contributed by atoms with van der Waals surface area (Å²) in [6.07, 6.45) is 1.88. The van der Waals surface area contributed by atoms with Gasteiger partial charge in [0, 0.05) is 18.3 Å². The molecular formula is C14H18N2O4. The number of amides is 2. The van der Waals surface area contributed by atoms with Gasteiger partial charge in [-0.05, 0) is 26.0 Å². The molecule has 0 aliphatic rings. The molecule has 1 aromatic rings. The predicted molar refractivity (Wildman–Crippen MR) is 76.4 cm³/mol. The van der Waals surface area contributed by atoms with Crippen LogP contribution in [0.3, 0.4) is 0 Å². The second kappa shape index (κ2) is 7.18. The van der Waals surface area contributed by atoms with Crippen molar-refractivity contribution in [2.75, 3.05) is 19.0 Å². The van der Waals surface area contributed by atoms with Crippen LogP contribution in [0.1, 0.15) is 24.2 Å². The van der Waals surface area contributed by atoms with E-state index in [2.05, 4.69) is 10.6 Å². The van der Waals surface area contributed by atoms with Crippen molar-refractivity contribution in [1.29, 1.82) is 0 Å². The quantitative estimate of drug-likeness (QED) is 0.722. The van der Waals surface area contributed by atoms with Crippen LogP contribution in [0.5, 0.6) is 5.75 Å². The lowest BCUT2D eigenvalue weighted by Gasteiger charge is -2.09. The van der Waals surface area contributed by atoms with E-state index in [0.717, 1.165) is 5.57 Å². The maximum Gasteiger partial charge on any atom is 0.339 e. The topological polar surface area (TPSA) is 87.7 Å². The minimum atomic E-state index is -1.08. The molecule has 0 heterocycles. The molecule has 0 saturated heterocycles. The molecule has 0 bridgehead atoms. The van der Waals surface area contributed by atoms with Gasteiger partial charge in [-0.1, -0.05) is 11.6 Å². The maximum atomic E-state index is 11.6. The Labute approximate surface area is 117 Å². The molecule has 0 unspecified atom stereocenters. The summed E-state index contributed by atoms with van der Waals surface area (Å²) in [6, 6.07) is 3.98. The number of ether oxygens (including phenoxy) is 1. The average Bonchev–Trinajstić information content (AvgIpc) is 2.37. The van der Waals surface area contributed by atoms with E-state index in [1.807, 2.05) is 19.9 Å². The lowest BCUT2D eigenvalue weighted by atomic mass is 10.2. The number of allylic oxidation sites excluding steroid dienone is 1. The first kappa shape index (κ1) is 15.6. The molecule has 3 N–H and O–H groups in total. The molecule has 0 saturated carbocycles. The molecular weight excluding hydrogens is 260 g/mol. The molecule has 6 nitrogen and oxygen atoms in total. The van der Waals surface area contributed by atoms with Crippen LogP contribution in [-0.2, 0) is 0 Å². The molecule has 108 valence electrons. The van der Waals surface area contributed by atoms with Gasteiger partial charge in [-0.25, -0.2) is 9.59 Å². The SMILES string of the molecule is COc1cc(NC(=O)NCC=C(C)C)ccc1C(=O)O. The van der Waals surface area contributed by atoms with Crippen molar-refractivity contribution < 1.29 is 19.4 Å². The first-order valence-electron chi connectivity index (χ1n) is 6.03. The van der Waals surface area contributed by atoms with Gasteiger partial charge in [-0.15, -0.1) is 0 Å². The monoisotopic (exact) mass is 278 g/mol. The van der Waals surface area contributed by atoms with E-state index in [1.54, 1.807) is 0 Å². The first-order valence-corrected chi connectivity index (χ1v) is 6.03. The van der Waals surface area contributed by atoms with Crippen molar-refractivity contribution in [1.82, 2.24) is 5.32 Å². The lowest BCUT2D eigenvalue weighted by molar-refractivity contribution is 0.0693. The summed E-state index contributed by atoms with van der Waals surface area (Å²) in [5.41, 5.74) is 1.61. The second-order valence-corrected chi connectivity index (χ2v) is 4.34. The minimum absolute atomic E-state index is 0.0444. The number of benzene rings is 1. The van der Waals surface area contributed by atoms with E-state index in [0.29, 0.717) is 12.2 Å². The van der Waals surface area contributed by atoms with Gasteiger partial charge in [0.15, 0.2) is 0 Å². The Morgan fingerprint density at radius 2 is 2.05 bits per heavy atom. The maximum absolute atomic E-state index is 11.6. The number of urea groups is 1. The number of hydrogen-bond donors (Lipinski definition) is 3. The van der Waals surface area contributed by atoms with Crippen LogP contribution < -0.4 is 15.4 Å². The molecule has 0 aliphatic carbocycles. The fraction of sp³-hybridized carbons (Fsp3) is 0.286. The summed E-state index contributed by atoms with van der Waals surface area (Å²) in [7, 11) is 1.38. The van der Waals surface area contributed by atoms with Crippen LogP contribution in [0, 0.1) is 0 Å². The molecule has 20 heavy (non-hydrogen) atoms. The third-order valence-corrected chi connectivity index (χ3v) is 2.46. The van der Waals surface area contributed by atoms with E-state index in [-0.39, 0.29) is 17.3 Å². The summed E-state index contributed by atoms with van der Waals surface area (Å²) in [4.78, 5) is 22.5. The Kier molecular flexibility index (Phi) is 5.58. The van der Waals surface area contributed by atoms with Crippen molar-refractivity contribution >= 4 is 17.7 Å². The van der Waals surface area contributed by atoms with Crippen LogP contribution in [0.25, 0.3) is 0 Å². The lowest BCUT2D eigenvalue weighted by Crippen LogP contribution is -2.28. The molecule has 1 rings (SSSR count). The van der Waals surface area contributed by atoms with Gasteiger partial charge >= 0.3 is 12.0 Å². The average molecular weight is 278 g/mol. The van der Waals surface area contributed by atoms with Gasteiger partial charge in [-0.2, -0.15) is 0 Å². The predicted octanol–water partition coefficient (Wildman–Crippen LogP) is 2.48. The molecule has 0 aromatic heterocycles. The van der Waals surface area contributed by atoms with Crippen LogP contribution >= 0.6 is 0 Å². The molecule has 6 heteroatoms. The van der Waals surface area contributed by atoms with Gasteiger partial charge < -0.3 is 20.5 Å². The highest BCUT2D eigenvalue weighted by atomic mass is 16.5. The number of carboxylic acid groups (broad SMARTS) is 1. The van der Waals surface area contributed by atoms with Crippen molar-refractivity contribution in [2.24, 2.45) is 0 Å². The largest absolute Gasteiger partial charge is 0.496 e. The molecule has 0 atom stereocenters. The van der Waals surface area contributed by atoms with Crippen molar-refractivity contribution in [3.05, 3.63) is 35.4 Å². The van der Waals surface area contributed by atoms with Crippen molar-refractivity contribution in [3.8, 4) is 5.75 Å². The number of carbonyl (C=O) groups is 2. The highest BCUT2D eigenvalue weighted by Gasteiger charge is 2.12. The van der Waals surface area contributed by atoms with Gasteiger partial charge in [-0.3, -0.25) is 0 Å². The number of rotatable bonds is 5. The van der Waals surface area contributed by atoms with Crippen molar-refractivity contribution in [3.63, 3.8) is 0 Å². The van der Waals surface area contributed by atoms with Crippen LogP contribution in [0.2, 0.25) is 0 Å². The number of hydrogen-bond acceptors (Lipinski definition) is 3. The fourth-order valence-electron chi connectivity index (χ4n) is 1.47. The van der Waals surface area contributed by atoms with Crippen LogP contribution in [0.15, 0.2) is 29.8 Å². The number of aromatic carboxylic acids is 1. The molecule has 0 fully saturated rings. The Hall–Kier alpha value is -2.50. The number of carboxylic acids is 1. The van der Waals surface area contributed by atoms with E-state index < -0.39 is 5.97 Å². The number of nitrogens with one attached hydrogen (secondary N) is 2. The van der Waals surface area contributed by atoms with E-state index in [4.69, 9.17) is 9.84 Å². The van der Waals surface area contributed by atoms with Crippen molar-refractivity contribution in [2.45, 2.75) is 13.8 Å². The number of methoxy groups -OCH3 is 1. The second-order valence-electron chi connectivity index (χ2n) is 4.34. The molecule has 1 aromatic carbocycles. The molecule has 0 spiro atoms. The van der Waals surface area contributed by atoms with Gasteiger partial charge in [0.1, 0.15) is 11.3 Å².